The van der Waals surface area contributed by atoms with E-state index in [1.807, 2.05) is 24.7 Å². The van der Waals surface area contributed by atoms with Crippen LogP contribution in [0.15, 0.2) is 16.5 Å². The highest BCUT2D eigenvalue weighted by Crippen LogP contribution is 2.32. The quantitative estimate of drug-likeness (QED) is 0.818. The fourth-order valence-corrected chi connectivity index (χ4v) is 3.29. The first kappa shape index (κ1) is 14.9. The second-order valence-electron chi connectivity index (χ2n) is 6.77. The molecule has 0 bridgehead atoms. The van der Waals surface area contributed by atoms with Crippen LogP contribution >= 0.6 is 0 Å². The number of aryl methyl sites for hydroxylation is 2. The van der Waals surface area contributed by atoms with Crippen LogP contribution in [0.4, 0.5) is 0 Å². The van der Waals surface area contributed by atoms with E-state index in [4.69, 9.17) is 9.15 Å². The summed E-state index contributed by atoms with van der Waals surface area (Å²) in [6, 6.07) is 4.24. The molecule has 2 aromatic rings. The third-order valence-corrected chi connectivity index (χ3v) is 4.85. The number of rotatable bonds is 6. The van der Waals surface area contributed by atoms with E-state index in [0.717, 1.165) is 49.2 Å². The molecule has 1 aliphatic carbocycles. The smallest absolute Gasteiger partial charge is 0.118 e. The zero-order valence-corrected chi connectivity index (χ0v) is 13.9. The number of nitrogens with zero attached hydrogens (tertiary/aromatic N) is 4. The molecule has 0 aromatic carbocycles. The Bertz CT molecular complexity index is 674. The Balaban J connectivity index is 1.51. The van der Waals surface area contributed by atoms with E-state index >= 15 is 0 Å². The van der Waals surface area contributed by atoms with Crippen LogP contribution in [0, 0.1) is 12.8 Å². The van der Waals surface area contributed by atoms with Gasteiger partial charge in [-0.1, -0.05) is 5.21 Å². The van der Waals surface area contributed by atoms with Gasteiger partial charge in [0.05, 0.1) is 24.9 Å². The van der Waals surface area contributed by atoms with Crippen molar-refractivity contribution in [2.24, 2.45) is 13.0 Å². The van der Waals surface area contributed by atoms with Gasteiger partial charge in [0.2, 0.25) is 0 Å². The van der Waals surface area contributed by atoms with Crippen LogP contribution in [-0.4, -0.2) is 39.7 Å². The van der Waals surface area contributed by atoms with Gasteiger partial charge in [-0.05, 0) is 37.8 Å². The highest BCUT2D eigenvalue weighted by molar-refractivity contribution is 5.19. The van der Waals surface area contributed by atoms with Gasteiger partial charge in [0.1, 0.15) is 17.2 Å². The summed E-state index contributed by atoms with van der Waals surface area (Å²) < 4.78 is 13.6. The van der Waals surface area contributed by atoms with Gasteiger partial charge in [0, 0.05) is 26.6 Å². The molecule has 124 valence electrons. The molecule has 0 saturated heterocycles. The molecule has 0 N–H and O–H groups in total. The number of fused-ring (bicyclic) bond motifs is 1. The largest absolute Gasteiger partial charge is 0.465 e. The highest BCUT2D eigenvalue weighted by atomic mass is 16.5. The van der Waals surface area contributed by atoms with Gasteiger partial charge in [0.15, 0.2) is 0 Å². The lowest BCUT2D eigenvalue weighted by Crippen LogP contribution is -2.38. The van der Waals surface area contributed by atoms with E-state index < -0.39 is 0 Å². The summed E-state index contributed by atoms with van der Waals surface area (Å²) in [5.74, 6) is 2.74. The fourth-order valence-electron chi connectivity index (χ4n) is 3.29. The van der Waals surface area contributed by atoms with Crippen molar-refractivity contribution in [2.75, 3.05) is 19.8 Å². The third-order valence-electron chi connectivity index (χ3n) is 4.85. The lowest BCUT2D eigenvalue weighted by Gasteiger charge is -2.33. The summed E-state index contributed by atoms with van der Waals surface area (Å²) in [5.41, 5.74) is 2.30. The third kappa shape index (κ3) is 3.19. The Morgan fingerprint density at radius 2 is 2.17 bits per heavy atom. The summed E-state index contributed by atoms with van der Waals surface area (Å²) >= 11 is 0. The molecular formula is C17H24N4O2. The number of aromatic nitrogens is 3. The van der Waals surface area contributed by atoms with E-state index in [1.165, 1.54) is 18.5 Å². The molecule has 1 saturated carbocycles. The van der Waals surface area contributed by atoms with Gasteiger partial charge in [-0.15, -0.1) is 5.10 Å². The maximum atomic E-state index is 5.99. The van der Waals surface area contributed by atoms with Crippen LogP contribution in [-0.2, 0) is 24.8 Å². The molecule has 1 fully saturated rings. The van der Waals surface area contributed by atoms with Gasteiger partial charge < -0.3 is 9.15 Å². The molecule has 2 aromatic heterocycles. The van der Waals surface area contributed by atoms with Crippen molar-refractivity contribution in [1.82, 2.24) is 19.9 Å². The molecule has 6 nitrogen and oxygen atoms in total. The average Bonchev–Trinajstić information content (AvgIpc) is 3.16. The van der Waals surface area contributed by atoms with Crippen molar-refractivity contribution in [3.05, 3.63) is 35.0 Å². The monoisotopic (exact) mass is 316 g/mol. The van der Waals surface area contributed by atoms with Crippen LogP contribution in [0.3, 0.4) is 0 Å². The summed E-state index contributed by atoms with van der Waals surface area (Å²) in [4.78, 5) is 2.40. The van der Waals surface area contributed by atoms with Gasteiger partial charge in [-0.25, -0.2) is 0 Å². The Kier molecular flexibility index (Phi) is 3.95. The molecule has 1 aliphatic heterocycles. The summed E-state index contributed by atoms with van der Waals surface area (Å²) in [6.07, 6.45) is 3.60. The van der Waals surface area contributed by atoms with Crippen LogP contribution in [0.5, 0.6) is 0 Å². The van der Waals surface area contributed by atoms with Crippen molar-refractivity contribution >= 4 is 0 Å². The molecule has 4 rings (SSSR count). The fraction of sp³-hybridized carbons (Fsp3) is 0.647. The van der Waals surface area contributed by atoms with E-state index in [0.29, 0.717) is 6.61 Å². The topological polar surface area (TPSA) is 56.3 Å². The standard InChI is InChI=1S/C17H24N4O2/c1-12-3-6-14(23-12)9-21-8-7-15-17(18-19-20(15)2)16(21)11-22-10-13-4-5-13/h3,6,13,16H,4-5,7-11H2,1-2H3/t16-/m0/s1. The maximum absolute atomic E-state index is 5.99. The zero-order valence-electron chi connectivity index (χ0n) is 13.9. The highest BCUT2D eigenvalue weighted by Gasteiger charge is 2.33. The lowest BCUT2D eigenvalue weighted by atomic mass is 10.0. The number of furan rings is 1. The minimum absolute atomic E-state index is 0.164. The normalized spacial score (nSPS) is 21.6. The number of ether oxygens (including phenoxy) is 1. The van der Waals surface area contributed by atoms with Crippen LogP contribution in [0.1, 0.15) is 41.8 Å². The molecule has 0 radical (unpaired) electrons. The zero-order chi connectivity index (χ0) is 15.8. The van der Waals surface area contributed by atoms with Crippen molar-refractivity contribution in [2.45, 2.75) is 38.8 Å². The summed E-state index contributed by atoms with van der Waals surface area (Å²) in [7, 11) is 1.97. The van der Waals surface area contributed by atoms with Crippen molar-refractivity contribution in [3.63, 3.8) is 0 Å². The molecule has 23 heavy (non-hydrogen) atoms. The predicted molar refractivity (Wildman–Crippen MR) is 84.8 cm³/mol. The van der Waals surface area contributed by atoms with Crippen molar-refractivity contribution in [3.8, 4) is 0 Å². The van der Waals surface area contributed by atoms with Crippen LogP contribution in [0.25, 0.3) is 0 Å². The van der Waals surface area contributed by atoms with Crippen LogP contribution < -0.4 is 0 Å². The Hall–Kier alpha value is -1.66. The van der Waals surface area contributed by atoms with Crippen LogP contribution in [0.2, 0.25) is 0 Å². The minimum Gasteiger partial charge on any atom is -0.465 e. The van der Waals surface area contributed by atoms with Crippen molar-refractivity contribution < 1.29 is 9.15 Å². The second kappa shape index (κ2) is 6.09. The number of hydrogen-bond acceptors (Lipinski definition) is 5. The summed E-state index contributed by atoms with van der Waals surface area (Å²) in [6.45, 7) is 5.31. The van der Waals surface area contributed by atoms with Gasteiger partial charge >= 0.3 is 0 Å². The van der Waals surface area contributed by atoms with Gasteiger partial charge in [-0.3, -0.25) is 9.58 Å². The Morgan fingerprint density at radius 3 is 2.91 bits per heavy atom. The molecule has 0 spiro atoms. The summed E-state index contributed by atoms with van der Waals surface area (Å²) in [5, 5.41) is 8.62. The average molecular weight is 316 g/mol. The number of hydrogen-bond donors (Lipinski definition) is 0. The van der Waals surface area contributed by atoms with E-state index in [1.54, 1.807) is 0 Å². The van der Waals surface area contributed by atoms with Gasteiger partial charge in [-0.2, -0.15) is 0 Å². The molecule has 1 atom stereocenters. The molecule has 6 heteroatoms. The van der Waals surface area contributed by atoms with E-state index in [2.05, 4.69) is 21.3 Å². The van der Waals surface area contributed by atoms with E-state index in [-0.39, 0.29) is 6.04 Å². The first-order chi connectivity index (χ1) is 11.2. The minimum atomic E-state index is 0.164. The second-order valence-corrected chi connectivity index (χ2v) is 6.77. The predicted octanol–water partition coefficient (Wildman–Crippen LogP) is 2.24. The SMILES string of the molecule is Cc1ccc(CN2CCc3c(nnn3C)[C@@H]2COCC2CC2)o1. The van der Waals surface area contributed by atoms with E-state index in [9.17, 15) is 0 Å². The maximum Gasteiger partial charge on any atom is 0.118 e. The Morgan fingerprint density at radius 1 is 1.30 bits per heavy atom. The lowest BCUT2D eigenvalue weighted by molar-refractivity contribution is 0.0395. The van der Waals surface area contributed by atoms with Crippen molar-refractivity contribution in [1.29, 1.82) is 0 Å². The Labute approximate surface area is 136 Å². The molecule has 0 unspecified atom stereocenters. The molecular weight excluding hydrogens is 292 g/mol. The molecule has 2 aliphatic rings. The van der Waals surface area contributed by atoms with Gasteiger partial charge in [0.25, 0.3) is 0 Å². The first-order valence-electron chi connectivity index (χ1n) is 8.46. The first-order valence-corrected chi connectivity index (χ1v) is 8.46. The molecule has 0 amide bonds. The molecule has 3 heterocycles.